The van der Waals surface area contributed by atoms with E-state index in [4.69, 9.17) is 4.43 Å². The van der Waals surface area contributed by atoms with Crippen molar-refractivity contribution in [1.82, 2.24) is 0 Å². The van der Waals surface area contributed by atoms with Crippen LogP contribution >= 0.6 is 0 Å². The van der Waals surface area contributed by atoms with Crippen LogP contribution in [0.1, 0.15) is 85.5 Å². The molecule has 27 heavy (non-hydrogen) atoms. The summed E-state index contributed by atoms with van der Waals surface area (Å²) >= 11 is -2.18. The summed E-state index contributed by atoms with van der Waals surface area (Å²) in [5, 5.41) is 0. The van der Waals surface area contributed by atoms with Gasteiger partial charge < -0.3 is 0 Å². The first-order chi connectivity index (χ1) is 12.7. The molecule has 0 radical (unpaired) electrons. The van der Waals surface area contributed by atoms with Crippen molar-refractivity contribution in [2.75, 3.05) is 0 Å². The zero-order valence-electron chi connectivity index (χ0n) is 19.8. The molecule has 0 aromatic carbocycles. The van der Waals surface area contributed by atoms with Gasteiger partial charge in [0.2, 0.25) is 0 Å². The summed E-state index contributed by atoms with van der Waals surface area (Å²) in [5.74, 6) is 0. The van der Waals surface area contributed by atoms with E-state index in [0.717, 1.165) is 19.3 Å². The van der Waals surface area contributed by atoms with Crippen molar-refractivity contribution in [3.63, 3.8) is 0 Å². The maximum atomic E-state index is 6.67. The summed E-state index contributed by atoms with van der Waals surface area (Å²) in [6.07, 6.45) is 16.3. The topological polar surface area (TPSA) is 9.23 Å². The molecular weight excluding hydrogens is 451 g/mol. The molecule has 0 rings (SSSR count). The van der Waals surface area contributed by atoms with Crippen molar-refractivity contribution in [3.8, 4) is 0 Å². The minimum absolute atomic E-state index is 0.145. The van der Waals surface area contributed by atoms with Crippen molar-refractivity contribution < 1.29 is 4.43 Å². The molecule has 1 atom stereocenters. The Morgan fingerprint density at radius 1 is 0.852 bits per heavy atom. The van der Waals surface area contributed by atoms with Gasteiger partial charge >= 0.3 is 178 Å². The van der Waals surface area contributed by atoms with E-state index in [1.807, 2.05) is 0 Å². The monoisotopic (exact) mass is 502 g/mol. The fraction of sp³-hybridized carbons (Fsp3) is 0.833. The van der Waals surface area contributed by atoms with Crippen LogP contribution in [0.2, 0.25) is 33.0 Å². The Balaban J connectivity index is 5.47. The first-order valence-electron chi connectivity index (χ1n) is 11.7. The Hall–Kier alpha value is 0.456. The Morgan fingerprint density at radius 2 is 1.33 bits per heavy atom. The van der Waals surface area contributed by atoms with Crippen LogP contribution < -0.4 is 0 Å². The van der Waals surface area contributed by atoms with Crippen LogP contribution in [0.25, 0.3) is 0 Å². The molecule has 1 unspecified atom stereocenters. The molecule has 0 fully saturated rings. The summed E-state index contributed by atoms with van der Waals surface area (Å²) in [6, 6.07) is 0. The maximum absolute atomic E-state index is 6.67. The van der Waals surface area contributed by atoms with Crippen LogP contribution in [-0.4, -0.2) is 32.3 Å². The normalized spacial score (nSPS) is 15.2. The van der Waals surface area contributed by atoms with E-state index in [1.54, 1.807) is 13.3 Å². The van der Waals surface area contributed by atoms with Gasteiger partial charge in [0.1, 0.15) is 0 Å². The van der Waals surface area contributed by atoms with Crippen LogP contribution in [0.4, 0.5) is 0 Å². The van der Waals surface area contributed by atoms with Crippen molar-refractivity contribution in [1.29, 1.82) is 0 Å². The quantitative estimate of drug-likeness (QED) is 0.143. The van der Waals surface area contributed by atoms with E-state index in [0.29, 0.717) is 0 Å². The van der Waals surface area contributed by atoms with E-state index in [9.17, 15) is 0 Å². The predicted molar refractivity (Wildman–Crippen MR) is 131 cm³/mol. The van der Waals surface area contributed by atoms with Gasteiger partial charge in [0.25, 0.3) is 0 Å². The standard InChI is InChI=1S/C12H23OSi.3C4H9.Sn/c1-7-10-12(9-3,11-8-2)13-14(4,5)6;3*1-3-4-2;/h1,7,9H,3,8,10-11H2,2,4-6H3;3*1,3-4H2,2H3;. The van der Waals surface area contributed by atoms with Crippen molar-refractivity contribution in [2.24, 2.45) is 0 Å². The van der Waals surface area contributed by atoms with E-state index >= 15 is 0 Å². The third kappa shape index (κ3) is 11.9. The molecule has 0 saturated heterocycles. The average molecular weight is 501 g/mol. The number of unbranched alkanes of at least 4 members (excludes halogenated alkanes) is 3. The Morgan fingerprint density at radius 3 is 1.67 bits per heavy atom. The van der Waals surface area contributed by atoms with Gasteiger partial charge in [0.15, 0.2) is 0 Å². The molecular formula is C24H50OSiSn. The molecule has 0 spiro atoms. The number of hydrogen-bond acceptors (Lipinski definition) is 1. The summed E-state index contributed by atoms with van der Waals surface area (Å²) < 4.78 is 14.1. The summed E-state index contributed by atoms with van der Waals surface area (Å²) in [6.45, 7) is 20.4. The molecule has 0 aromatic heterocycles. The molecule has 0 bridgehead atoms. The van der Waals surface area contributed by atoms with Gasteiger partial charge in [-0.05, 0) is 0 Å². The SMILES string of the molecule is C=CC(C/C=[CH]/[Sn]([CH2]CCC)([CH2]CCC)[CH2]CCC)(CCC)O[Si](C)(C)C. The van der Waals surface area contributed by atoms with Gasteiger partial charge in [-0.1, -0.05) is 0 Å². The number of rotatable bonds is 17. The average Bonchev–Trinajstić information content (AvgIpc) is 2.61. The summed E-state index contributed by atoms with van der Waals surface area (Å²) in [5.41, 5.74) is -0.145. The molecule has 0 heterocycles. The van der Waals surface area contributed by atoms with Gasteiger partial charge in [0.05, 0.1) is 0 Å². The summed E-state index contributed by atoms with van der Waals surface area (Å²) in [4.78, 5) is 0. The van der Waals surface area contributed by atoms with E-state index in [1.165, 1.54) is 38.5 Å². The molecule has 0 saturated carbocycles. The first-order valence-corrected chi connectivity index (χ1v) is 22.8. The van der Waals surface area contributed by atoms with Crippen LogP contribution in [-0.2, 0) is 4.43 Å². The fourth-order valence-electron chi connectivity index (χ4n) is 4.17. The molecule has 0 aromatic rings. The predicted octanol–water partition coefficient (Wildman–Crippen LogP) is 8.90. The van der Waals surface area contributed by atoms with Gasteiger partial charge in [-0.2, -0.15) is 0 Å². The number of hydrogen-bond donors (Lipinski definition) is 0. The fourth-order valence-corrected chi connectivity index (χ4v) is 20.1. The van der Waals surface area contributed by atoms with Crippen LogP contribution in [0.15, 0.2) is 22.8 Å². The Kier molecular flexibility index (Phi) is 14.7. The summed E-state index contributed by atoms with van der Waals surface area (Å²) in [7, 11) is -1.60. The molecule has 160 valence electrons. The van der Waals surface area contributed by atoms with E-state index in [-0.39, 0.29) is 5.60 Å². The molecule has 0 aliphatic heterocycles. The molecule has 0 aliphatic rings. The van der Waals surface area contributed by atoms with Gasteiger partial charge in [-0.15, -0.1) is 0 Å². The Labute approximate surface area is 177 Å². The van der Waals surface area contributed by atoms with E-state index in [2.05, 4.69) is 70.2 Å². The zero-order chi connectivity index (χ0) is 20.8. The second kappa shape index (κ2) is 14.4. The van der Waals surface area contributed by atoms with Gasteiger partial charge in [0, 0.05) is 0 Å². The molecule has 0 aliphatic carbocycles. The molecule has 0 amide bonds. The first kappa shape index (κ1) is 27.5. The zero-order valence-corrected chi connectivity index (χ0v) is 23.7. The second-order valence-corrected chi connectivity index (χ2v) is 27.0. The molecule has 0 N–H and O–H groups in total. The van der Waals surface area contributed by atoms with Crippen molar-refractivity contribution in [3.05, 3.63) is 22.8 Å². The van der Waals surface area contributed by atoms with Crippen molar-refractivity contribution in [2.45, 2.75) is 124 Å². The molecule has 1 nitrogen and oxygen atoms in total. The molecule has 3 heteroatoms. The van der Waals surface area contributed by atoms with Crippen LogP contribution in [0.5, 0.6) is 0 Å². The van der Waals surface area contributed by atoms with Crippen molar-refractivity contribution >= 4 is 26.7 Å². The third-order valence-corrected chi connectivity index (χ3v) is 20.8. The van der Waals surface area contributed by atoms with E-state index < -0.39 is 26.7 Å². The van der Waals surface area contributed by atoms with Crippen LogP contribution in [0.3, 0.4) is 0 Å². The van der Waals surface area contributed by atoms with Crippen LogP contribution in [0, 0.1) is 0 Å². The second-order valence-electron chi connectivity index (χ2n) is 9.51. The van der Waals surface area contributed by atoms with Gasteiger partial charge in [-0.25, -0.2) is 0 Å². The third-order valence-electron chi connectivity index (χ3n) is 5.57. The Bertz CT molecular complexity index is 391. The van der Waals surface area contributed by atoms with Gasteiger partial charge in [-0.3, -0.25) is 0 Å². The minimum atomic E-state index is -2.18.